The minimum absolute atomic E-state index is 0. The van der Waals surface area contributed by atoms with E-state index in [-0.39, 0.29) is 36.9 Å². The van der Waals surface area contributed by atoms with Crippen LogP contribution < -0.4 is 11.1 Å². The summed E-state index contributed by atoms with van der Waals surface area (Å²) in [7, 11) is -3.69. The second-order valence-corrected chi connectivity index (χ2v) is 17.7. The van der Waals surface area contributed by atoms with E-state index in [1.807, 2.05) is 83.9 Å². The van der Waals surface area contributed by atoms with E-state index >= 15 is 0 Å². The monoisotopic (exact) mass is 811 g/mol. The Labute approximate surface area is 340 Å². The van der Waals surface area contributed by atoms with Crippen LogP contribution in [0.15, 0.2) is 109 Å². The molecule has 1 unspecified atom stereocenters. The van der Waals surface area contributed by atoms with Crippen molar-refractivity contribution < 1.29 is 27.5 Å². The van der Waals surface area contributed by atoms with E-state index in [0.29, 0.717) is 44.3 Å². The Morgan fingerprint density at radius 2 is 1.58 bits per heavy atom. The van der Waals surface area contributed by atoms with Crippen molar-refractivity contribution in [2.45, 2.75) is 75.7 Å². The van der Waals surface area contributed by atoms with Gasteiger partial charge >= 0.3 is 5.97 Å². The van der Waals surface area contributed by atoms with Gasteiger partial charge in [-0.3, -0.25) is 9.59 Å². The minimum Gasteiger partial charge on any atom is -0.457 e. The SMILES string of the molecule is CC(C)(N)C(=O)N[C@H](Cc1c[nH]c2ccccc12)C(=O)N1CCC2(CC1)CC(N(Cc1ccc(C(=O)OCc3ccccc3)cc1)S(C)(=O)=O)c1ccccc12.Cl. The zero-order chi connectivity index (χ0) is 39.7. The van der Waals surface area contributed by atoms with Gasteiger partial charge in [0.1, 0.15) is 12.6 Å². The normalized spacial score (nSPS) is 16.9. The van der Waals surface area contributed by atoms with Crippen LogP contribution in [0.4, 0.5) is 0 Å². The molecule has 0 bridgehead atoms. The largest absolute Gasteiger partial charge is 0.457 e. The van der Waals surface area contributed by atoms with Gasteiger partial charge in [0.25, 0.3) is 0 Å². The second kappa shape index (κ2) is 16.8. The van der Waals surface area contributed by atoms with Crippen LogP contribution in [0.1, 0.15) is 77.3 Å². The summed E-state index contributed by atoms with van der Waals surface area (Å²) in [5, 5.41) is 3.94. The predicted octanol–water partition coefficient (Wildman–Crippen LogP) is 6.18. The third-order valence-corrected chi connectivity index (χ3v) is 12.5. The maximum Gasteiger partial charge on any atom is 0.338 e. The van der Waals surface area contributed by atoms with Gasteiger partial charge in [0, 0.05) is 48.6 Å². The third-order valence-electron chi connectivity index (χ3n) is 11.3. The predicted molar refractivity (Wildman–Crippen MR) is 223 cm³/mol. The number of nitrogens with one attached hydrogen (secondary N) is 2. The molecule has 2 heterocycles. The molecule has 57 heavy (non-hydrogen) atoms. The highest BCUT2D eigenvalue weighted by Gasteiger charge is 2.49. The van der Waals surface area contributed by atoms with Gasteiger partial charge in [-0.2, -0.15) is 4.31 Å². The minimum atomic E-state index is -3.69. The molecular weight excluding hydrogens is 762 g/mol. The van der Waals surface area contributed by atoms with Gasteiger partial charge < -0.3 is 25.7 Å². The van der Waals surface area contributed by atoms with Gasteiger partial charge in [0.2, 0.25) is 21.8 Å². The summed E-state index contributed by atoms with van der Waals surface area (Å²) in [6.45, 7) is 4.43. The quantitative estimate of drug-likeness (QED) is 0.127. The number of nitrogens with zero attached hydrogens (tertiary/aromatic N) is 2. The number of sulfonamides is 1. The van der Waals surface area contributed by atoms with E-state index in [1.54, 1.807) is 42.4 Å². The summed E-state index contributed by atoms with van der Waals surface area (Å²) < 4.78 is 34.1. The molecular formula is C44H50ClN5O6S. The van der Waals surface area contributed by atoms with Crippen molar-refractivity contribution >= 4 is 51.1 Å². The number of para-hydroxylation sites is 1. The number of H-pyrrole nitrogens is 1. The van der Waals surface area contributed by atoms with Crippen molar-refractivity contribution in [2.75, 3.05) is 19.3 Å². The molecule has 1 aliphatic carbocycles. The number of amides is 2. The van der Waals surface area contributed by atoms with E-state index < -0.39 is 39.5 Å². The molecule has 2 aliphatic rings. The summed E-state index contributed by atoms with van der Waals surface area (Å²) in [4.78, 5) is 45.3. The molecule has 1 aromatic heterocycles. The highest BCUT2D eigenvalue weighted by Crippen LogP contribution is 2.53. The first-order valence-electron chi connectivity index (χ1n) is 19.0. The lowest BCUT2D eigenvalue weighted by atomic mass is 9.73. The van der Waals surface area contributed by atoms with Crippen LogP contribution in [-0.2, 0) is 49.3 Å². The average Bonchev–Trinajstić information content (AvgIpc) is 3.74. The molecule has 300 valence electrons. The van der Waals surface area contributed by atoms with E-state index in [2.05, 4.69) is 16.4 Å². The fourth-order valence-electron chi connectivity index (χ4n) is 8.22. The van der Waals surface area contributed by atoms with Crippen LogP contribution in [0.2, 0.25) is 0 Å². The number of carbonyl (C=O) groups is 3. The number of hydrogen-bond donors (Lipinski definition) is 3. The van der Waals surface area contributed by atoms with Crippen LogP contribution in [0.5, 0.6) is 0 Å². The Kier molecular flexibility index (Phi) is 12.3. The molecule has 7 rings (SSSR count). The van der Waals surface area contributed by atoms with Crippen LogP contribution in [0.25, 0.3) is 10.9 Å². The molecule has 2 atom stereocenters. The molecule has 13 heteroatoms. The van der Waals surface area contributed by atoms with Gasteiger partial charge in [-0.25, -0.2) is 13.2 Å². The average molecular weight is 812 g/mol. The summed E-state index contributed by atoms with van der Waals surface area (Å²) in [5.74, 6) is -1.03. The van der Waals surface area contributed by atoms with E-state index in [9.17, 15) is 22.8 Å². The highest BCUT2D eigenvalue weighted by molar-refractivity contribution is 7.88. The van der Waals surface area contributed by atoms with Crippen molar-refractivity contribution in [1.29, 1.82) is 0 Å². The lowest BCUT2D eigenvalue weighted by Crippen LogP contribution is -2.58. The number of rotatable bonds is 12. The first kappa shape index (κ1) is 41.6. The first-order valence-corrected chi connectivity index (χ1v) is 20.9. The molecule has 2 amide bonds. The zero-order valence-corrected chi connectivity index (χ0v) is 34.1. The molecule has 1 aliphatic heterocycles. The van der Waals surface area contributed by atoms with Crippen molar-refractivity contribution in [2.24, 2.45) is 5.73 Å². The Hall–Kier alpha value is -5.01. The van der Waals surface area contributed by atoms with Crippen LogP contribution in [0, 0.1) is 0 Å². The molecule has 4 N–H and O–H groups in total. The number of nitrogens with two attached hydrogens (primary N) is 1. The second-order valence-electron chi connectivity index (χ2n) is 15.8. The standard InChI is InChI=1S/C44H49N5O6S.ClH/c1-43(2,45)42(52)47-38(25-33-27-46-37-16-10-8-13-34(33)37)40(50)48-23-21-44(22-24-48)26-39(35-14-7-9-15-36(35)44)49(56(3,53)54)28-30-17-19-32(20-18-30)41(51)55-29-31-11-5-4-6-12-31;/h4-20,27,38-39,46H,21-26,28-29,45H2,1-3H3,(H,47,52);1H/t38-,39?;/m1./s1. The van der Waals surface area contributed by atoms with Gasteiger partial charge in [0.15, 0.2) is 0 Å². The number of halogens is 1. The Balaban J connectivity index is 0.00000549. The Morgan fingerprint density at radius 3 is 2.26 bits per heavy atom. The maximum atomic E-state index is 14.3. The smallest absolute Gasteiger partial charge is 0.338 e. The van der Waals surface area contributed by atoms with Crippen LogP contribution in [0.3, 0.4) is 0 Å². The fourth-order valence-corrected chi connectivity index (χ4v) is 9.26. The summed E-state index contributed by atoms with van der Waals surface area (Å²) in [5.41, 5.74) is 10.6. The molecule has 0 radical (unpaired) electrons. The Bertz CT molecular complexity index is 2330. The molecule has 1 fully saturated rings. The summed E-state index contributed by atoms with van der Waals surface area (Å²) in [6.07, 6.45) is 5.27. The summed E-state index contributed by atoms with van der Waals surface area (Å²) >= 11 is 0. The number of likely N-dealkylation sites (tertiary alicyclic amines) is 1. The highest BCUT2D eigenvalue weighted by atomic mass is 35.5. The number of hydrogen-bond acceptors (Lipinski definition) is 7. The number of benzene rings is 4. The van der Waals surface area contributed by atoms with Crippen molar-refractivity contribution in [3.05, 3.63) is 143 Å². The maximum absolute atomic E-state index is 14.3. The van der Waals surface area contributed by atoms with Crippen LogP contribution in [-0.4, -0.2) is 71.3 Å². The molecule has 4 aromatic carbocycles. The number of esters is 1. The topological polar surface area (TPSA) is 155 Å². The van der Waals surface area contributed by atoms with Crippen molar-refractivity contribution in [3.63, 3.8) is 0 Å². The number of ether oxygens (including phenoxy) is 1. The zero-order valence-electron chi connectivity index (χ0n) is 32.4. The van der Waals surface area contributed by atoms with Gasteiger partial charge in [-0.05, 0) is 79.1 Å². The Morgan fingerprint density at radius 1 is 0.930 bits per heavy atom. The molecule has 1 saturated heterocycles. The van der Waals surface area contributed by atoms with Gasteiger partial charge in [-0.15, -0.1) is 12.4 Å². The number of piperidine rings is 1. The van der Waals surface area contributed by atoms with Crippen molar-refractivity contribution in [1.82, 2.24) is 19.5 Å². The van der Waals surface area contributed by atoms with Gasteiger partial charge in [-0.1, -0.05) is 84.9 Å². The fraction of sp³-hybridized carbons (Fsp3) is 0.341. The first-order chi connectivity index (χ1) is 26.7. The molecule has 11 nitrogen and oxygen atoms in total. The number of aromatic nitrogens is 1. The van der Waals surface area contributed by atoms with Gasteiger partial charge in [0.05, 0.1) is 23.4 Å². The van der Waals surface area contributed by atoms with E-state index in [1.165, 1.54) is 6.26 Å². The third kappa shape index (κ3) is 9.10. The molecule has 1 spiro atoms. The number of fused-ring (bicyclic) bond motifs is 3. The lowest BCUT2D eigenvalue weighted by molar-refractivity contribution is -0.138. The van der Waals surface area contributed by atoms with Crippen molar-refractivity contribution in [3.8, 4) is 0 Å². The molecule has 0 saturated carbocycles. The summed E-state index contributed by atoms with van der Waals surface area (Å²) in [6, 6.07) is 31.0. The molecule has 5 aromatic rings. The number of carbonyl (C=O) groups excluding carboxylic acids is 3. The lowest BCUT2D eigenvalue weighted by Gasteiger charge is -2.42. The number of aromatic amines is 1. The van der Waals surface area contributed by atoms with E-state index in [4.69, 9.17) is 10.5 Å². The van der Waals surface area contributed by atoms with E-state index in [0.717, 1.165) is 38.7 Å². The van der Waals surface area contributed by atoms with Crippen LogP contribution >= 0.6 is 12.4 Å².